The Morgan fingerprint density at radius 3 is 2.41 bits per heavy atom. The monoisotopic (exact) mass is 457 g/mol. The number of hydrogen-bond acceptors (Lipinski definition) is 4. The number of carbonyl (C=O) groups excluding carboxylic acids is 1. The van der Waals surface area contributed by atoms with Crippen molar-refractivity contribution in [3.8, 4) is 17.2 Å². The molecule has 1 aliphatic heterocycles. The van der Waals surface area contributed by atoms with Gasteiger partial charge in [0, 0.05) is 29.2 Å². The third-order valence-electron chi connectivity index (χ3n) is 6.38. The Balaban J connectivity index is 1.56. The zero-order valence-corrected chi connectivity index (χ0v) is 19.4. The summed E-state index contributed by atoms with van der Waals surface area (Å²) in [4.78, 5) is 19.1. The highest BCUT2D eigenvalue weighted by Gasteiger charge is 2.35. The predicted octanol–water partition coefficient (Wildman–Crippen LogP) is 5.37. The second-order valence-electron chi connectivity index (χ2n) is 8.18. The lowest BCUT2D eigenvalue weighted by molar-refractivity contribution is 0.193. The Bertz CT molecular complexity index is 1330. The van der Waals surface area contributed by atoms with Crippen molar-refractivity contribution in [3.05, 3.63) is 83.6 Å². The molecule has 5 rings (SSSR count). The van der Waals surface area contributed by atoms with Gasteiger partial charge < -0.3 is 29.4 Å². The fourth-order valence-electron chi connectivity index (χ4n) is 4.69. The van der Waals surface area contributed by atoms with Gasteiger partial charge in [0.25, 0.3) is 0 Å². The summed E-state index contributed by atoms with van der Waals surface area (Å²) >= 11 is 0. The maximum Gasteiger partial charge on any atom is 0.322 e. The zero-order chi connectivity index (χ0) is 23.7. The molecule has 0 aliphatic carbocycles. The highest BCUT2D eigenvalue weighted by Crippen LogP contribution is 2.39. The number of anilines is 1. The van der Waals surface area contributed by atoms with Crippen LogP contribution < -0.4 is 19.5 Å². The van der Waals surface area contributed by atoms with E-state index in [1.807, 2.05) is 41.3 Å². The standard InChI is InChI=1S/C27H27N3O4/c1-32-18-10-8-17(9-11-18)26-25-21(20-6-4-5-7-22(20)28-25)14-15-30(26)27(31)29-23-16-19(33-2)12-13-24(23)34-3/h4-13,16,26,28H,14-15H2,1-3H3,(H,29,31)/t26-/m0/s1. The molecular formula is C27H27N3O4. The minimum Gasteiger partial charge on any atom is -0.497 e. The molecular weight excluding hydrogens is 430 g/mol. The summed E-state index contributed by atoms with van der Waals surface area (Å²) in [5.41, 5.74) is 4.91. The van der Waals surface area contributed by atoms with Crippen molar-refractivity contribution in [2.24, 2.45) is 0 Å². The van der Waals surface area contributed by atoms with Gasteiger partial charge in [-0.1, -0.05) is 30.3 Å². The van der Waals surface area contributed by atoms with Gasteiger partial charge in [-0.05, 0) is 47.9 Å². The minimum atomic E-state index is -0.279. The summed E-state index contributed by atoms with van der Waals surface area (Å²) < 4.78 is 16.1. The van der Waals surface area contributed by atoms with Gasteiger partial charge >= 0.3 is 6.03 Å². The van der Waals surface area contributed by atoms with Crippen molar-refractivity contribution in [2.45, 2.75) is 12.5 Å². The molecule has 0 unspecified atom stereocenters. The SMILES string of the molecule is COc1ccc([C@H]2c3[nH]c4ccccc4c3CCN2C(=O)Nc2cc(OC)ccc2OC)cc1. The van der Waals surface area contributed by atoms with Crippen LogP contribution in [0, 0.1) is 0 Å². The molecule has 0 saturated heterocycles. The first-order valence-corrected chi connectivity index (χ1v) is 11.2. The van der Waals surface area contributed by atoms with Crippen LogP contribution in [0.3, 0.4) is 0 Å². The highest BCUT2D eigenvalue weighted by atomic mass is 16.5. The molecule has 0 saturated carbocycles. The van der Waals surface area contributed by atoms with E-state index in [1.54, 1.807) is 39.5 Å². The largest absolute Gasteiger partial charge is 0.497 e. The Morgan fingerprint density at radius 2 is 1.68 bits per heavy atom. The van der Waals surface area contributed by atoms with Crippen molar-refractivity contribution < 1.29 is 19.0 Å². The summed E-state index contributed by atoms with van der Waals surface area (Å²) in [7, 11) is 4.82. The summed E-state index contributed by atoms with van der Waals surface area (Å²) in [5.74, 6) is 1.98. The summed E-state index contributed by atoms with van der Waals surface area (Å²) in [6, 6.07) is 21.0. The number of para-hydroxylation sites is 1. The Labute approximate surface area is 198 Å². The second kappa shape index (κ2) is 9.02. The van der Waals surface area contributed by atoms with Gasteiger partial charge in [0.05, 0.1) is 33.1 Å². The lowest BCUT2D eigenvalue weighted by Crippen LogP contribution is -2.43. The van der Waals surface area contributed by atoms with Crippen LogP contribution in [-0.4, -0.2) is 43.8 Å². The van der Waals surface area contributed by atoms with Crippen LogP contribution in [-0.2, 0) is 6.42 Å². The maximum atomic E-state index is 13.6. The molecule has 174 valence electrons. The molecule has 7 heteroatoms. The van der Waals surface area contributed by atoms with E-state index < -0.39 is 0 Å². The summed E-state index contributed by atoms with van der Waals surface area (Å²) in [6.07, 6.45) is 0.759. The second-order valence-corrected chi connectivity index (χ2v) is 8.18. The summed E-state index contributed by atoms with van der Waals surface area (Å²) in [5, 5.41) is 4.24. The third kappa shape index (κ3) is 3.79. The Morgan fingerprint density at radius 1 is 0.941 bits per heavy atom. The van der Waals surface area contributed by atoms with E-state index >= 15 is 0 Å². The first-order chi connectivity index (χ1) is 16.6. The molecule has 0 radical (unpaired) electrons. The molecule has 3 aromatic carbocycles. The molecule has 2 heterocycles. The van der Waals surface area contributed by atoms with Crippen molar-refractivity contribution in [1.29, 1.82) is 0 Å². The number of aromatic nitrogens is 1. The Kier molecular flexibility index (Phi) is 5.76. The quantitative estimate of drug-likeness (QED) is 0.422. The van der Waals surface area contributed by atoms with Gasteiger partial charge in [-0.3, -0.25) is 0 Å². The van der Waals surface area contributed by atoms with Crippen LogP contribution in [0.4, 0.5) is 10.5 Å². The molecule has 7 nitrogen and oxygen atoms in total. The van der Waals surface area contributed by atoms with Crippen LogP contribution in [0.5, 0.6) is 17.2 Å². The number of H-pyrrole nitrogens is 1. The normalized spacial score (nSPS) is 15.0. The van der Waals surface area contributed by atoms with E-state index in [2.05, 4.69) is 22.4 Å². The molecule has 2 amide bonds. The number of rotatable bonds is 5. The number of hydrogen-bond donors (Lipinski definition) is 2. The highest BCUT2D eigenvalue weighted by molar-refractivity contribution is 5.93. The third-order valence-corrected chi connectivity index (χ3v) is 6.38. The molecule has 0 fully saturated rings. The van der Waals surface area contributed by atoms with E-state index in [1.165, 1.54) is 10.9 Å². The minimum absolute atomic E-state index is 0.211. The molecule has 1 aromatic heterocycles. The van der Waals surface area contributed by atoms with Crippen LogP contribution in [0.1, 0.15) is 22.9 Å². The smallest absolute Gasteiger partial charge is 0.322 e. The Hall–Kier alpha value is -4.13. The van der Waals surface area contributed by atoms with E-state index in [0.29, 0.717) is 23.7 Å². The molecule has 0 spiro atoms. The van der Waals surface area contributed by atoms with E-state index in [9.17, 15) is 4.79 Å². The van der Waals surface area contributed by atoms with Crippen molar-refractivity contribution in [3.63, 3.8) is 0 Å². The molecule has 1 aliphatic rings. The van der Waals surface area contributed by atoms with Gasteiger partial charge in [-0.15, -0.1) is 0 Å². The number of fused-ring (bicyclic) bond motifs is 3. The lowest BCUT2D eigenvalue weighted by Gasteiger charge is -2.36. The number of carbonyl (C=O) groups is 1. The van der Waals surface area contributed by atoms with E-state index in [0.717, 1.165) is 28.9 Å². The number of nitrogens with zero attached hydrogens (tertiary/aromatic N) is 1. The number of aromatic amines is 1. The topological polar surface area (TPSA) is 75.8 Å². The van der Waals surface area contributed by atoms with Crippen LogP contribution in [0.2, 0.25) is 0 Å². The average molecular weight is 458 g/mol. The van der Waals surface area contributed by atoms with Crippen molar-refractivity contribution in [1.82, 2.24) is 9.88 Å². The maximum absolute atomic E-state index is 13.6. The molecule has 4 aromatic rings. The van der Waals surface area contributed by atoms with Gasteiger partial charge in [-0.2, -0.15) is 0 Å². The molecule has 0 bridgehead atoms. The number of amides is 2. The lowest BCUT2D eigenvalue weighted by atomic mass is 9.92. The number of urea groups is 1. The number of methoxy groups -OCH3 is 3. The fourth-order valence-corrected chi connectivity index (χ4v) is 4.69. The van der Waals surface area contributed by atoms with E-state index in [-0.39, 0.29) is 12.1 Å². The summed E-state index contributed by atoms with van der Waals surface area (Å²) in [6.45, 7) is 0.573. The zero-order valence-electron chi connectivity index (χ0n) is 19.4. The molecule has 34 heavy (non-hydrogen) atoms. The van der Waals surface area contributed by atoms with Gasteiger partial charge in [0.1, 0.15) is 17.2 Å². The number of benzene rings is 3. The van der Waals surface area contributed by atoms with Crippen LogP contribution in [0.15, 0.2) is 66.7 Å². The first-order valence-electron chi connectivity index (χ1n) is 11.2. The van der Waals surface area contributed by atoms with Gasteiger partial charge in [0.15, 0.2) is 0 Å². The van der Waals surface area contributed by atoms with Crippen molar-refractivity contribution in [2.75, 3.05) is 33.2 Å². The molecule has 2 N–H and O–H groups in total. The van der Waals surface area contributed by atoms with Crippen LogP contribution in [0.25, 0.3) is 10.9 Å². The number of nitrogens with one attached hydrogen (secondary N) is 2. The van der Waals surface area contributed by atoms with Gasteiger partial charge in [-0.25, -0.2) is 4.79 Å². The average Bonchev–Trinajstić information content (AvgIpc) is 3.27. The number of ether oxygens (including phenoxy) is 3. The molecule has 1 atom stereocenters. The van der Waals surface area contributed by atoms with E-state index in [4.69, 9.17) is 14.2 Å². The first kappa shape index (κ1) is 21.7. The van der Waals surface area contributed by atoms with Crippen LogP contribution >= 0.6 is 0 Å². The van der Waals surface area contributed by atoms with Crippen molar-refractivity contribution >= 4 is 22.6 Å². The predicted molar refractivity (Wildman–Crippen MR) is 132 cm³/mol. The fraction of sp³-hybridized carbons (Fsp3) is 0.222. The van der Waals surface area contributed by atoms with Gasteiger partial charge in [0.2, 0.25) is 0 Å².